The third-order valence-corrected chi connectivity index (χ3v) is 6.73. The number of nitrogens with zero attached hydrogens (tertiary/aromatic N) is 5. The Labute approximate surface area is 181 Å². The lowest BCUT2D eigenvalue weighted by Crippen LogP contribution is -2.33. The highest BCUT2D eigenvalue weighted by molar-refractivity contribution is 7.07. The fourth-order valence-corrected chi connectivity index (χ4v) is 5.03. The minimum atomic E-state index is 0.524. The lowest BCUT2D eigenvalue weighted by atomic mass is 9.95. The molecule has 1 saturated heterocycles. The van der Waals surface area contributed by atoms with Crippen LogP contribution in [0.1, 0.15) is 41.5 Å². The number of aromatic nitrogens is 4. The lowest BCUT2D eigenvalue weighted by Gasteiger charge is -2.31. The number of hydrogen-bond donors (Lipinski definition) is 0. The second-order valence-electron chi connectivity index (χ2n) is 8.05. The molecule has 0 saturated carbocycles. The Hall–Kier alpha value is -2.70. The van der Waals surface area contributed by atoms with Gasteiger partial charge in [0, 0.05) is 43.8 Å². The number of benzene rings is 1. The molecule has 30 heavy (non-hydrogen) atoms. The molecule has 4 heterocycles. The predicted molar refractivity (Wildman–Crippen MR) is 121 cm³/mol. The van der Waals surface area contributed by atoms with Crippen LogP contribution in [-0.2, 0) is 19.6 Å². The Kier molecular flexibility index (Phi) is 5.77. The SMILES string of the molecule is c1ccc(Cn2ccnc2Cn2ccnc2C2CCN(Cc3ccsc3)CC2)cc1. The summed E-state index contributed by atoms with van der Waals surface area (Å²) in [5.74, 6) is 2.81. The number of piperidine rings is 1. The number of likely N-dealkylation sites (tertiary alicyclic amines) is 1. The molecule has 6 heteroatoms. The van der Waals surface area contributed by atoms with Crippen LogP contribution in [-0.4, -0.2) is 37.1 Å². The van der Waals surface area contributed by atoms with Crippen LogP contribution in [0.3, 0.4) is 0 Å². The molecule has 4 aromatic rings. The quantitative estimate of drug-likeness (QED) is 0.441. The van der Waals surface area contributed by atoms with E-state index in [1.54, 1.807) is 11.3 Å². The Morgan fingerprint density at radius 2 is 1.63 bits per heavy atom. The first-order valence-electron chi connectivity index (χ1n) is 10.6. The monoisotopic (exact) mass is 417 g/mol. The van der Waals surface area contributed by atoms with Gasteiger partial charge in [-0.25, -0.2) is 9.97 Å². The zero-order chi connectivity index (χ0) is 20.2. The smallest absolute Gasteiger partial charge is 0.129 e. The van der Waals surface area contributed by atoms with Crippen LogP contribution >= 0.6 is 11.3 Å². The molecule has 0 atom stereocenters. The molecule has 0 aliphatic carbocycles. The summed E-state index contributed by atoms with van der Waals surface area (Å²) in [6.07, 6.45) is 10.4. The predicted octanol–water partition coefficient (Wildman–Crippen LogP) is 4.62. The van der Waals surface area contributed by atoms with Crippen molar-refractivity contribution in [1.82, 2.24) is 24.0 Å². The highest BCUT2D eigenvalue weighted by Gasteiger charge is 2.24. The summed E-state index contributed by atoms with van der Waals surface area (Å²) in [7, 11) is 0. The Morgan fingerprint density at radius 3 is 2.43 bits per heavy atom. The van der Waals surface area contributed by atoms with Gasteiger partial charge in [-0.2, -0.15) is 11.3 Å². The van der Waals surface area contributed by atoms with Gasteiger partial charge in [-0.05, 0) is 53.9 Å². The van der Waals surface area contributed by atoms with Gasteiger partial charge in [0.05, 0.1) is 6.54 Å². The van der Waals surface area contributed by atoms with Crippen molar-refractivity contribution in [2.45, 2.75) is 38.4 Å². The number of hydrogen-bond acceptors (Lipinski definition) is 4. The standard InChI is InChI=1S/C24H27N5S/c1-2-4-20(5-3-1)17-28-13-9-25-23(28)18-29-14-10-26-24(29)22-6-11-27(12-7-22)16-21-8-15-30-19-21/h1-5,8-10,13-15,19,22H,6-7,11-12,16-18H2. The van der Waals surface area contributed by atoms with Crippen molar-refractivity contribution in [3.05, 3.63) is 94.7 Å². The van der Waals surface area contributed by atoms with Gasteiger partial charge in [0.2, 0.25) is 0 Å². The summed E-state index contributed by atoms with van der Waals surface area (Å²) in [4.78, 5) is 11.9. The Morgan fingerprint density at radius 1 is 0.833 bits per heavy atom. The number of rotatable bonds is 7. The van der Waals surface area contributed by atoms with E-state index in [1.807, 2.05) is 12.4 Å². The first-order chi connectivity index (χ1) is 14.8. The van der Waals surface area contributed by atoms with Crippen LogP contribution in [0.2, 0.25) is 0 Å². The van der Waals surface area contributed by atoms with Crippen LogP contribution in [0.25, 0.3) is 0 Å². The van der Waals surface area contributed by atoms with Crippen molar-refractivity contribution < 1.29 is 0 Å². The van der Waals surface area contributed by atoms with E-state index in [0.717, 1.165) is 38.5 Å². The summed E-state index contributed by atoms with van der Waals surface area (Å²) in [5.41, 5.74) is 2.73. The van der Waals surface area contributed by atoms with Crippen molar-refractivity contribution in [1.29, 1.82) is 0 Å². The van der Waals surface area contributed by atoms with Crippen molar-refractivity contribution in [2.75, 3.05) is 13.1 Å². The van der Waals surface area contributed by atoms with Crippen LogP contribution in [0.5, 0.6) is 0 Å². The fraction of sp³-hybridized carbons (Fsp3) is 0.333. The summed E-state index contributed by atoms with van der Waals surface area (Å²) < 4.78 is 4.53. The van der Waals surface area contributed by atoms with Crippen LogP contribution in [0.4, 0.5) is 0 Å². The van der Waals surface area contributed by atoms with E-state index in [1.165, 1.54) is 29.8 Å². The van der Waals surface area contributed by atoms with Gasteiger partial charge in [0.15, 0.2) is 0 Å². The van der Waals surface area contributed by atoms with Crippen molar-refractivity contribution in [2.24, 2.45) is 0 Å². The molecule has 1 aliphatic rings. The molecule has 0 amide bonds. The molecular formula is C24H27N5S. The maximum Gasteiger partial charge on any atom is 0.129 e. The van der Waals surface area contributed by atoms with Crippen molar-refractivity contribution in [3.63, 3.8) is 0 Å². The largest absolute Gasteiger partial charge is 0.329 e. The van der Waals surface area contributed by atoms with E-state index < -0.39 is 0 Å². The van der Waals surface area contributed by atoms with E-state index >= 15 is 0 Å². The normalized spacial score (nSPS) is 15.6. The molecule has 1 fully saturated rings. The highest BCUT2D eigenvalue weighted by Crippen LogP contribution is 2.28. The summed E-state index contributed by atoms with van der Waals surface area (Å²) in [6.45, 7) is 4.96. The van der Waals surface area contributed by atoms with E-state index in [2.05, 4.69) is 78.6 Å². The topological polar surface area (TPSA) is 38.9 Å². The van der Waals surface area contributed by atoms with Crippen molar-refractivity contribution in [3.8, 4) is 0 Å². The molecule has 0 radical (unpaired) electrons. The molecule has 0 spiro atoms. The second-order valence-corrected chi connectivity index (χ2v) is 8.83. The van der Waals surface area contributed by atoms with Crippen LogP contribution in [0.15, 0.2) is 71.9 Å². The fourth-order valence-electron chi connectivity index (χ4n) is 4.37. The first-order valence-corrected chi connectivity index (χ1v) is 11.6. The zero-order valence-corrected chi connectivity index (χ0v) is 17.9. The molecule has 154 valence electrons. The molecule has 0 bridgehead atoms. The van der Waals surface area contributed by atoms with Crippen LogP contribution < -0.4 is 0 Å². The van der Waals surface area contributed by atoms with Crippen LogP contribution in [0, 0.1) is 0 Å². The average molecular weight is 418 g/mol. The number of imidazole rings is 2. The molecule has 0 unspecified atom stereocenters. The highest BCUT2D eigenvalue weighted by atomic mass is 32.1. The van der Waals surface area contributed by atoms with E-state index in [4.69, 9.17) is 4.98 Å². The van der Waals surface area contributed by atoms with Gasteiger partial charge in [-0.1, -0.05) is 30.3 Å². The number of thiophene rings is 1. The Bertz CT molecular complexity index is 1040. The zero-order valence-electron chi connectivity index (χ0n) is 17.1. The van der Waals surface area contributed by atoms with E-state index in [0.29, 0.717) is 5.92 Å². The Balaban J connectivity index is 1.24. The third-order valence-electron chi connectivity index (χ3n) is 6.00. The van der Waals surface area contributed by atoms with Gasteiger partial charge >= 0.3 is 0 Å². The van der Waals surface area contributed by atoms with Crippen molar-refractivity contribution >= 4 is 11.3 Å². The first kappa shape index (κ1) is 19.3. The summed E-state index contributed by atoms with van der Waals surface area (Å²) >= 11 is 1.78. The summed E-state index contributed by atoms with van der Waals surface area (Å²) in [5, 5.41) is 4.43. The molecule has 1 aliphatic heterocycles. The molecular weight excluding hydrogens is 390 g/mol. The second kappa shape index (κ2) is 8.98. The maximum atomic E-state index is 4.74. The molecule has 0 N–H and O–H groups in total. The average Bonchev–Trinajstić information content (AvgIpc) is 3.54. The van der Waals surface area contributed by atoms with E-state index in [-0.39, 0.29) is 0 Å². The third kappa shape index (κ3) is 4.40. The van der Waals surface area contributed by atoms with Gasteiger partial charge in [0.25, 0.3) is 0 Å². The maximum absolute atomic E-state index is 4.74. The van der Waals surface area contributed by atoms with Gasteiger partial charge < -0.3 is 9.13 Å². The molecule has 5 rings (SSSR count). The summed E-state index contributed by atoms with van der Waals surface area (Å²) in [6, 6.07) is 12.8. The molecule has 5 nitrogen and oxygen atoms in total. The van der Waals surface area contributed by atoms with Gasteiger partial charge in [-0.15, -0.1) is 0 Å². The lowest BCUT2D eigenvalue weighted by molar-refractivity contribution is 0.200. The molecule has 3 aromatic heterocycles. The minimum absolute atomic E-state index is 0.524. The van der Waals surface area contributed by atoms with Gasteiger partial charge in [-0.3, -0.25) is 4.90 Å². The minimum Gasteiger partial charge on any atom is -0.329 e. The van der Waals surface area contributed by atoms with Gasteiger partial charge in [0.1, 0.15) is 11.6 Å². The van der Waals surface area contributed by atoms with E-state index in [9.17, 15) is 0 Å². The molecule has 1 aromatic carbocycles.